The molecular formula is C8H18FN. The molecule has 0 rings (SSSR count). The lowest BCUT2D eigenvalue weighted by Gasteiger charge is -2.05. The fourth-order valence-electron chi connectivity index (χ4n) is 0.345. The smallest absolute Gasteiger partial charge is 0.0940 e. The van der Waals surface area contributed by atoms with E-state index < -0.39 is 0 Å². The van der Waals surface area contributed by atoms with Crippen LogP contribution in [0.1, 0.15) is 20.3 Å². The van der Waals surface area contributed by atoms with E-state index in [9.17, 15) is 4.39 Å². The molecule has 0 heterocycles. The van der Waals surface area contributed by atoms with Crippen LogP contribution in [-0.4, -0.2) is 25.5 Å². The zero-order chi connectivity index (χ0) is 8.57. The van der Waals surface area contributed by atoms with Gasteiger partial charge in [-0.05, 0) is 14.1 Å². The van der Waals surface area contributed by atoms with Gasteiger partial charge in [0.1, 0.15) is 0 Å². The minimum atomic E-state index is -0.237. The van der Waals surface area contributed by atoms with Crippen molar-refractivity contribution in [2.24, 2.45) is 0 Å². The molecule has 0 fully saturated rings. The summed E-state index contributed by atoms with van der Waals surface area (Å²) in [6.45, 7) is 7.88. The minimum Gasteiger partial charge on any atom is -0.309 e. The standard InChI is InChI=1S/C6H12FN.C2H6/c1-6(7)4-5-8(2)3;1-2/h1,4-5H2,2-3H3;1-2H3. The molecule has 10 heavy (non-hydrogen) atoms. The van der Waals surface area contributed by atoms with Gasteiger partial charge >= 0.3 is 0 Å². The number of hydrogen-bond donors (Lipinski definition) is 0. The van der Waals surface area contributed by atoms with Crippen molar-refractivity contribution in [2.45, 2.75) is 20.3 Å². The van der Waals surface area contributed by atoms with E-state index in [1.165, 1.54) is 0 Å². The summed E-state index contributed by atoms with van der Waals surface area (Å²) in [5.41, 5.74) is 0. The molecule has 0 saturated heterocycles. The Balaban J connectivity index is 0. The van der Waals surface area contributed by atoms with Crippen LogP contribution in [0.15, 0.2) is 12.4 Å². The van der Waals surface area contributed by atoms with E-state index >= 15 is 0 Å². The summed E-state index contributed by atoms with van der Waals surface area (Å²) >= 11 is 0. The maximum absolute atomic E-state index is 11.8. The number of hydrogen-bond acceptors (Lipinski definition) is 1. The van der Waals surface area contributed by atoms with Crippen molar-refractivity contribution in [1.82, 2.24) is 4.90 Å². The van der Waals surface area contributed by atoms with Crippen LogP contribution in [0.2, 0.25) is 0 Å². The van der Waals surface area contributed by atoms with Crippen molar-refractivity contribution in [3.05, 3.63) is 12.4 Å². The third-order valence-electron chi connectivity index (χ3n) is 0.830. The fraction of sp³-hybridized carbons (Fsp3) is 0.750. The molecule has 1 nitrogen and oxygen atoms in total. The number of rotatable bonds is 3. The third-order valence-corrected chi connectivity index (χ3v) is 0.830. The van der Waals surface area contributed by atoms with Gasteiger partial charge in [0.15, 0.2) is 0 Å². The molecule has 2 heteroatoms. The van der Waals surface area contributed by atoms with Crippen molar-refractivity contribution >= 4 is 0 Å². The first-order chi connectivity index (χ1) is 4.63. The highest BCUT2D eigenvalue weighted by molar-refractivity contribution is 4.79. The summed E-state index contributed by atoms with van der Waals surface area (Å²) in [6, 6.07) is 0. The Morgan fingerprint density at radius 1 is 1.40 bits per heavy atom. The number of nitrogens with zero attached hydrogens (tertiary/aromatic N) is 1. The van der Waals surface area contributed by atoms with Crippen molar-refractivity contribution in [1.29, 1.82) is 0 Å². The summed E-state index contributed by atoms with van der Waals surface area (Å²) in [4.78, 5) is 1.92. The molecule has 0 aromatic heterocycles. The largest absolute Gasteiger partial charge is 0.309 e. The maximum Gasteiger partial charge on any atom is 0.0940 e. The van der Waals surface area contributed by atoms with Gasteiger partial charge in [-0.1, -0.05) is 20.4 Å². The molecule has 0 aromatic rings. The van der Waals surface area contributed by atoms with Crippen LogP contribution in [0.5, 0.6) is 0 Å². The molecule has 62 valence electrons. The van der Waals surface area contributed by atoms with Crippen molar-refractivity contribution in [3.63, 3.8) is 0 Å². The van der Waals surface area contributed by atoms with Crippen LogP contribution in [0.3, 0.4) is 0 Å². The second kappa shape index (κ2) is 8.63. The third kappa shape index (κ3) is 15.6. The Bertz CT molecular complexity index is 79.3. The highest BCUT2D eigenvalue weighted by Crippen LogP contribution is 1.97. The Morgan fingerprint density at radius 3 is 1.90 bits per heavy atom. The van der Waals surface area contributed by atoms with Crippen LogP contribution in [0, 0.1) is 0 Å². The van der Waals surface area contributed by atoms with Crippen LogP contribution in [0.25, 0.3) is 0 Å². The summed E-state index contributed by atoms with van der Waals surface area (Å²) < 4.78 is 11.8. The van der Waals surface area contributed by atoms with Crippen molar-refractivity contribution in [3.8, 4) is 0 Å². The zero-order valence-electron chi connectivity index (χ0n) is 7.45. The van der Waals surface area contributed by atoms with Gasteiger partial charge in [-0.3, -0.25) is 0 Å². The Morgan fingerprint density at radius 2 is 1.80 bits per heavy atom. The molecular weight excluding hydrogens is 129 g/mol. The molecule has 0 atom stereocenters. The van der Waals surface area contributed by atoms with Gasteiger partial charge in [-0.15, -0.1) is 0 Å². The second-order valence-corrected chi connectivity index (χ2v) is 2.07. The van der Waals surface area contributed by atoms with Crippen molar-refractivity contribution in [2.75, 3.05) is 20.6 Å². The van der Waals surface area contributed by atoms with Crippen molar-refractivity contribution < 1.29 is 4.39 Å². The first kappa shape index (κ1) is 12.3. The highest BCUT2D eigenvalue weighted by Gasteiger charge is 1.90. The van der Waals surface area contributed by atoms with E-state index in [1.54, 1.807) is 0 Å². The first-order valence-corrected chi connectivity index (χ1v) is 3.61. The first-order valence-electron chi connectivity index (χ1n) is 3.61. The molecule has 0 amide bonds. The van der Waals surface area contributed by atoms with Gasteiger partial charge in [0.2, 0.25) is 0 Å². The quantitative estimate of drug-likeness (QED) is 0.592. The minimum absolute atomic E-state index is 0.237. The van der Waals surface area contributed by atoms with Crippen LogP contribution in [0.4, 0.5) is 4.39 Å². The highest BCUT2D eigenvalue weighted by atomic mass is 19.1. The Hall–Kier alpha value is -0.370. The molecule has 0 aliphatic heterocycles. The van der Waals surface area contributed by atoms with E-state index in [4.69, 9.17) is 0 Å². The predicted molar refractivity (Wildman–Crippen MR) is 44.8 cm³/mol. The van der Waals surface area contributed by atoms with Crippen LogP contribution in [-0.2, 0) is 0 Å². The summed E-state index contributed by atoms with van der Waals surface area (Å²) in [5.74, 6) is -0.237. The zero-order valence-corrected chi connectivity index (χ0v) is 7.45. The van der Waals surface area contributed by atoms with E-state index in [0.717, 1.165) is 6.54 Å². The molecule has 0 aliphatic carbocycles. The average molecular weight is 147 g/mol. The average Bonchev–Trinajstić information content (AvgIpc) is 1.89. The molecule has 0 aromatic carbocycles. The van der Waals surface area contributed by atoms with Crippen LogP contribution >= 0.6 is 0 Å². The maximum atomic E-state index is 11.8. The fourth-order valence-corrected chi connectivity index (χ4v) is 0.345. The van der Waals surface area contributed by atoms with E-state index in [1.807, 2.05) is 32.8 Å². The molecule has 0 unspecified atom stereocenters. The monoisotopic (exact) mass is 147 g/mol. The molecule has 0 N–H and O–H groups in total. The molecule has 0 spiro atoms. The van der Waals surface area contributed by atoms with E-state index in [-0.39, 0.29) is 5.83 Å². The molecule has 0 radical (unpaired) electrons. The Labute approximate surface area is 63.5 Å². The van der Waals surface area contributed by atoms with E-state index in [0.29, 0.717) is 6.42 Å². The molecule has 0 bridgehead atoms. The lowest BCUT2D eigenvalue weighted by molar-refractivity contribution is 0.395. The molecule has 0 aliphatic rings. The molecule has 0 saturated carbocycles. The predicted octanol–water partition coefficient (Wildman–Crippen LogP) is 2.45. The summed E-state index contributed by atoms with van der Waals surface area (Å²) in [7, 11) is 3.81. The van der Waals surface area contributed by atoms with Crippen LogP contribution < -0.4 is 0 Å². The topological polar surface area (TPSA) is 3.24 Å². The van der Waals surface area contributed by atoms with E-state index in [2.05, 4.69) is 6.58 Å². The number of halogens is 1. The SMILES string of the molecule is C=C(F)CCN(C)C.CC. The van der Waals surface area contributed by atoms with Gasteiger partial charge in [-0.25, -0.2) is 4.39 Å². The summed E-state index contributed by atoms with van der Waals surface area (Å²) in [5, 5.41) is 0. The summed E-state index contributed by atoms with van der Waals surface area (Å²) in [6.07, 6.45) is 0.451. The van der Waals surface area contributed by atoms with Gasteiger partial charge in [0.25, 0.3) is 0 Å². The van der Waals surface area contributed by atoms with Gasteiger partial charge in [-0.2, -0.15) is 0 Å². The second-order valence-electron chi connectivity index (χ2n) is 2.07. The van der Waals surface area contributed by atoms with Gasteiger partial charge in [0, 0.05) is 13.0 Å². The lowest BCUT2D eigenvalue weighted by Crippen LogP contribution is -2.12. The Kier molecular flexibility index (Phi) is 10.6. The van der Waals surface area contributed by atoms with Gasteiger partial charge in [0.05, 0.1) is 5.83 Å². The van der Waals surface area contributed by atoms with Gasteiger partial charge < -0.3 is 4.90 Å². The lowest BCUT2D eigenvalue weighted by atomic mass is 10.4. The normalized spacial score (nSPS) is 8.60.